The van der Waals surface area contributed by atoms with E-state index in [0.29, 0.717) is 5.56 Å². The SMILES string of the molecule is NC(Cc1ccc(O)cc1)C(=O)NC(CO)C(=O)NC(CCC(=O)O)C(=O)NCC(=O)O. The smallest absolute Gasteiger partial charge is 0.322 e. The summed E-state index contributed by atoms with van der Waals surface area (Å²) in [5.74, 6) is -5.25. The number of carboxylic acid groups (broad SMARTS) is 2. The summed E-state index contributed by atoms with van der Waals surface area (Å²) < 4.78 is 0. The minimum absolute atomic E-state index is 0.0358. The van der Waals surface area contributed by atoms with E-state index in [9.17, 15) is 34.2 Å². The molecule has 0 bridgehead atoms. The number of aromatic hydroxyl groups is 1. The molecule has 0 saturated carbocycles. The molecule has 1 aromatic carbocycles. The number of phenols is 1. The van der Waals surface area contributed by atoms with E-state index in [2.05, 4.69) is 10.6 Å². The van der Waals surface area contributed by atoms with Crippen LogP contribution in [0.3, 0.4) is 0 Å². The van der Waals surface area contributed by atoms with Gasteiger partial charge in [0.05, 0.1) is 12.6 Å². The number of nitrogens with two attached hydrogens (primary N) is 1. The van der Waals surface area contributed by atoms with Crippen LogP contribution < -0.4 is 21.7 Å². The average molecular weight is 454 g/mol. The van der Waals surface area contributed by atoms with E-state index in [4.69, 9.17) is 15.9 Å². The molecule has 0 aromatic heterocycles. The maximum Gasteiger partial charge on any atom is 0.322 e. The molecule has 0 spiro atoms. The summed E-state index contributed by atoms with van der Waals surface area (Å²) in [4.78, 5) is 58.2. The molecule has 13 heteroatoms. The Morgan fingerprint density at radius 3 is 2.00 bits per heavy atom. The highest BCUT2D eigenvalue weighted by Crippen LogP contribution is 2.11. The molecule has 0 radical (unpaired) electrons. The summed E-state index contributed by atoms with van der Waals surface area (Å²) >= 11 is 0. The normalized spacial score (nSPS) is 13.3. The molecule has 32 heavy (non-hydrogen) atoms. The summed E-state index contributed by atoms with van der Waals surface area (Å²) in [5.41, 5.74) is 6.45. The molecule has 13 nitrogen and oxygen atoms in total. The molecule has 3 atom stereocenters. The van der Waals surface area contributed by atoms with Gasteiger partial charge in [0.1, 0.15) is 24.4 Å². The van der Waals surface area contributed by atoms with E-state index < -0.39 is 67.4 Å². The second kappa shape index (κ2) is 12.9. The van der Waals surface area contributed by atoms with E-state index in [1.54, 1.807) is 12.1 Å². The van der Waals surface area contributed by atoms with Gasteiger partial charge in [0.15, 0.2) is 0 Å². The number of phenolic OH excluding ortho intramolecular Hbond substituents is 1. The third-order valence-electron chi connectivity index (χ3n) is 4.24. The molecule has 0 aliphatic heterocycles. The molecule has 3 amide bonds. The zero-order valence-corrected chi connectivity index (χ0v) is 17.0. The van der Waals surface area contributed by atoms with Crippen molar-refractivity contribution in [3.8, 4) is 5.75 Å². The molecule has 1 aromatic rings. The van der Waals surface area contributed by atoms with Gasteiger partial charge in [-0.3, -0.25) is 24.0 Å². The van der Waals surface area contributed by atoms with Gasteiger partial charge in [0.25, 0.3) is 0 Å². The highest BCUT2D eigenvalue weighted by atomic mass is 16.4. The number of carbonyl (C=O) groups excluding carboxylic acids is 3. The predicted octanol–water partition coefficient (Wildman–Crippen LogP) is -2.71. The number of nitrogens with one attached hydrogen (secondary N) is 3. The van der Waals surface area contributed by atoms with Crippen molar-refractivity contribution in [1.82, 2.24) is 16.0 Å². The van der Waals surface area contributed by atoms with E-state index in [0.717, 1.165) is 0 Å². The first-order valence-electron chi connectivity index (χ1n) is 9.49. The maximum atomic E-state index is 12.4. The van der Waals surface area contributed by atoms with Crippen LogP contribution in [-0.2, 0) is 30.4 Å². The summed E-state index contributed by atoms with van der Waals surface area (Å²) in [6.07, 6.45) is -0.775. The monoisotopic (exact) mass is 454 g/mol. The molecule has 176 valence electrons. The van der Waals surface area contributed by atoms with E-state index in [-0.39, 0.29) is 18.6 Å². The Kier molecular flexibility index (Phi) is 10.6. The van der Waals surface area contributed by atoms with Crippen LogP contribution >= 0.6 is 0 Å². The van der Waals surface area contributed by atoms with Crippen molar-refractivity contribution in [3.05, 3.63) is 29.8 Å². The summed E-state index contributed by atoms with van der Waals surface area (Å²) in [7, 11) is 0. The Morgan fingerprint density at radius 1 is 0.875 bits per heavy atom. The van der Waals surface area contributed by atoms with Crippen molar-refractivity contribution >= 4 is 29.7 Å². The Morgan fingerprint density at radius 2 is 1.47 bits per heavy atom. The van der Waals surface area contributed by atoms with Gasteiger partial charge < -0.3 is 42.1 Å². The molecule has 0 fully saturated rings. The van der Waals surface area contributed by atoms with Gasteiger partial charge in [0.2, 0.25) is 17.7 Å². The fourth-order valence-corrected chi connectivity index (χ4v) is 2.55. The van der Waals surface area contributed by atoms with Crippen molar-refractivity contribution in [2.75, 3.05) is 13.2 Å². The lowest BCUT2D eigenvalue weighted by Crippen LogP contribution is -2.57. The van der Waals surface area contributed by atoms with Gasteiger partial charge >= 0.3 is 11.9 Å². The first kappa shape index (κ1) is 26.3. The number of rotatable bonds is 13. The summed E-state index contributed by atoms with van der Waals surface area (Å²) in [6.45, 7) is -1.59. The first-order valence-corrected chi connectivity index (χ1v) is 9.49. The molecule has 0 aliphatic carbocycles. The van der Waals surface area contributed by atoms with E-state index in [1.807, 2.05) is 5.32 Å². The van der Waals surface area contributed by atoms with Crippen LogP contribution in [0, 0.1) is 0 Å². The number of hydrogen-bond acceptors (Lipinski definition) is 8. The van der Waals surface area contributed by atoms with Crippen LogP contribution in [0.15, 0.2) is 24.3 Å². The largest absolute Gasteiger partial charge is 0.508 e. The fraction of sp³-hybridized carbons (Fsp3) is 0.421. The van der Waals surface area contributed by atoms with Crippen LogP contribution in [0.5, 0.6) is 5.75 Å². The summed E-state index contributed by atoms with van der Waals surface area (Å²) in [6, 6.07) is 1.95. The van der Waals surface area contributed by atoms with Gasteiger partial charge in [-0.05, 0) is 30.5 Å². The van der Waals surface area contributed by atoms with Crippen molar-refractivity contribution in [2.45, 2.75) is 37.4 Å². The molecule has 1 rings (SSSR count). The molecule has 3 unspecified atom stereocenters. The third-order valence-corrected chi connectivity index (χ3v) is 4.24. The van der Waals surface area contributed by atoms with Crippen molar-refractivity contribution in [2.24, 2.45) is 5.73 Å². The van der Waals surface area contributed by atoms with Gasteiger partial charge in [0, 0.05) is 6.42 Å². The zero-order valence-electron chi connectivity index (χ0n) is 17.0. The number of carboxylic acids is 2. The topological polar surface area (TPSA) is 228 Å². The highest BCUT2D eigenvalue weighted by molar-refractivity contribution is 5.94. The Labute approximate surface area is 182 Å². The van der Waals surface area contributed by atoms with E-state index in [1.165, 1.54) is 12.1 Å². The van der Waals surface area contributed by atoms with Crippen LogP contribution in [-0.4, -0.2) is 81.4 Å². The number of benzene rings is 1. The standard InChI is InChI=1S/C19H26N4O9/c20-12(7-10-1-3-11(25)4-2-10)17(30)23-14(9-24)19(32)22-13(5-6-15(26)27)18(31)21-8-16(28)29/h1-4,12-14,24-25H,5-9,20H2,(H,21,31)(H,22,32)(H,23,30)(H,26,27)(H,28,29). The van der Waals surface area contributed by atoms with Crippen molar-refractivity contribution in [1.29, 1.82) is 0 Å². The van der Waals surface area contributed by atoms with Crippen LogP contribution in [0.25, 0.3) is 0 Å². The fourth-order valence-electron chi connectivity index (χ4n) is 2.55. The number of carbonyl (C=O) groups is 5. The molecule has 0 aliphatic rings. The highest BCUT2D eigenvalue weighted by Gasteiger charge is 2.28. The summed E-state index contributed by atoms with van der Waals surface area (Å²) in [5, 5.41) is 42.7. The lowest BCUT2D eigenvalue weighted by Gasteiger charge is -2.22. The van der Waals surface area contributed by atoms with Crippen molar-refractivity contribution in [3.63, 3.8) is 0 Å². The van der Waals surface area contributed by atoms with Crippen molar-refractivity contribution < 1.29 is 44.4 Å². The number of amides is 3. The zero-order chi connectivity index (χ0) is 24.3. The third kappa shape index (κ3) is 9.40. The number of hydrogen-bond donors (Lipinski definition) is 8. The Hall–Kier alpha value is -3.71. The second-order valence-corrected chi connectivity index (χ2v) is 6.83. The second-order valence-electron chi connectivity index (χ2n) is 6.83. The Balaban J connectivity index is 2.75. The number of aliphatic hydroxyl groups excluding tert-OH is 1. The molecule has 0 saturated heterocycles. The molecular weight excluding hydrogens is 428 g/mol. The van der Waals surface area contributed by atoms with Gasteiger partial charge in [-0.25, -0.2) is 0 Å². The predicted molar refractivity (Wildman–Crippen MR) is 108 cm³/mol. The van der Waals surface area contributed by atoms with E-state index >= 15 is 0 Å². The lowest BCUT2D eigenvalue weighted by atomic mass is 10.1. The molecule has 0 heterocycles. The maximum absolute atomic E-state index is 12.4. The van der Waals surface area contributed by atoms with Gasteiger partial charge in [-0.15, -0.1) is 0 Å². The molecular formula is C19H26N4O9. The van der Waals surface area contributed by atoms with Gasteiger partial charge in [-0.1, -0.05) is 12.1 Å². The van der Waals surface area contributed by atoms with Gasteiger partial charge in [-0.2, -0.15) is 0 Å². The minimum Gasteiger partial charge on any atom is -0.508 e. The number of aliphatic carboxylic acids is 2. The first-order chi connectivity index (χ1) is 15.0. The molecule has 9 N–H and O–H groups in total. The van der Waals surface area contributed by atoms with Crippen LogP contribution in [0.4, 0.5) is 0 Å². The van der Waals surface area contributed by atoms with Crippen LogP contribution in [0.2, 0.25) is 0 Å². The quantitative estimate of drug-likeness (QED) is 0.154. The average Bonchev–Trinajstić information content (AvgIpc) is 2.74. The number of aliphatic hydroxyl groups is 1. The Bertz CT molecular complexity index is 829. The van der Waals surface area contributed by atoms with Crippen LogP contribution in [0.1, 0.15) is 18.4 Å². The lowest BCUT2D eigenvalue weighted by molar-refractivity contribution is -0.140. The minimum atomic E-state index is -1.49.